The molecule has 1 unspecified atom stereocenters. The fraction of sp³-hybridized carbons (Fsp3) is 0.423. The number of aromatic nitrogens is 7. The van der Waals surface area contributed by atoms with Gasteiger partial charge in [-0.05, 0) is 45.2 Å². The van der Waals surface area contributed by atoms with Crippen molar-refractivity contribution in [2.45, 2.75) is 70.4 Å². The van der Waals surface area contributed by atoms with E-state index in [4.69, 9.17) is 4.98 Å². The van der Waals surface area contributed by atoms with Gasteiger partial charge in [-0.15, -0.1) is 0 Å². The van der Waals surface area contributed by atoms with Crippen LogP contribution in [-0.2, 0) is 16.4 Å². The van der Waals surface area contributed by atoms with E-state index in [-0.39, 0.29) is 34.6 Å². The third-order valence-corrected chi connectivity index (χ3v) is 8.61. The van der Waals surface area contributed by atoms with Crippen molar-refractivity contribution < 1.29 is 8.42 Å². The van der Waals surface area contributed by atoms with Crippen LogP contribution in [0, 0.1) is 6.92 Å². The van der Waals surface area contributed by atoms with Gasteiger partial charge < -0.3 is 5.32 Å². The van der Waals surface area contributed by atoms with Crippen molar-refractivity contribution in [1.82, 2.24) is 34.5 Å². The molecule has 0 saturated heterocycles. The van der Waals surface area contributed by atoms with Crippen molar-refractivity contribution in [3.8, 4) is 11.4 Å². The van der Waals surface area contributed by atoms with Crippen LogP contribution in [0.3, 0.4) is 0 Å². The van der Waals surface area contributed by atoms with Gasteiger partial charge in [-0.25, -0.2) is 33.3 Å². The molecule has 12 heteroatoms. The molecule has 0 spiro atoms. The summed E-state index contributed by atoms with van der Waals surface area (Å²) in [5.74, 6) is 1.03. The summed E-state index contributed by atoms with van der Waals surface area (Å²) in [6.45, 7) is 7.68. The van der Waals surface area contributed by atoms with Gasteiger partial charge in [0.15, 0.2) is 27.1 Å². The molecule has 1 aliphatic rings. The number of hydrogen-bond donors (Lipinski definition) is 1. The van der Waals surface area contributed by atoms with Crippen LogP contribution < -0.4 is 10.9 Å². The van der Waals surface area contributed by atoms with Gasteiger partial charge in [0.05, 0.1) is 46.0 Å². The third-order valence-electron chi connectivity index (χ3n) is 6.89. The topological polar surface area (TPSA) is 146 Å². The zero-order chi connectivity index (χ0) is 27.0. The number of sulfone groups is 1. The average molecular weight is 535 g/mol. The van der Waals surface area contributed by atoms with Gasteiger partial charge in [0.2, 0.25) is 0 Å². The van der Waals surface area contributed by atoms with Gasteiger partial charge >= 0.3 is 0 Å². The van der Waals surface area contributed by atoms with Crippen LogP contribution in [0.4, 0.5) is 5.82 Å². The number of anilines is 1. The predicted octanol–water partition coefficient (Wildman–Crippen LogP) is 3.60. The lowest BCUT2D eigenvalue weighted by Crippen LogP contribution is -2.28. The molecule has 5 rings (SSSR count). The van der Waals surface area contributed by atoms with Crippen molar-refractivity contribution in [1.29, 1.82) is 0 Å². The van der Waals surface area contributed by atoms with Crippen LogP contribution in [0.25, 0.3) is 22.6 Å². The van der Waals surface area contributed by atoms with E-state index in [9.17, 15) is 13.2 Å². The lowest BCUT2D eigenvalue weighted by molar-refractivity contribution is 0.526. The highest BCUT2D eigenvalue weighted by Gasteiger charge is 2.30. The molecule has 38 heavy (non-hydrogen) atoms. The third kappa shape index (κ3) is 4.87. The Hall–Kier alpha value is -3.80. The number of pyridine rings is 1. The first-order valence-corrected chi connectivity index (χ1v) is 14.4. The summed E-state index contributed by atoms with van der Waals surface area (Å²) in [5.41, 5.74) is 3.79. The molecule has 0 radical (unpaired) electrons. The maximum Gasteiger partial charge on any atom is 0.295 e. The maximum absolute atomic E-state index is 13.6. The minimum absolute atomic E-state index is 0.00495. The van der Waals surface area contributed by atoms with E-state index in [1.165, 1.54) is 12.3 Å². The van der Waals surface area contributed by atoms with Crippen molar-refractivity contribution in [3.05, 3.63) is 58.3 Å². The Labute approximate surface area is 220 Å². The minimum atomic E-state index is -3.33. The van der Waals surface area contributed by atoms with Gasteiger partial charge in [-0.2, -0.15) is 0 Å². The Morgan fingerprint density at radius 1 is 1.08 bits per heavy atom. The zero-order valence-electron chi connectivity index (χ0n) is 21.8. The minimum Gasteiger partial charge on any atom is -0.360 e. The molecule has 1 aliphatic carbocycles. The lowest BCUT2D eigenvalue weighted by Gasteiger charge is -2.18. The first-order valence-electron chi connectivity index (χ1n) is 12.8. The maximum atomic E-state index is 13.6. The Morgan fingerprint density at radius 2 is 1.87 bits per heavy atom. The molecule has 198 valence electrons. The molecule has 0 aliphatic heterocycles. The molecule has 1 atom stereocenters. The summed E-state index contributed by atoms with van der Waals surface area (Å²) in [4.78, 5) is 40.8. The van der Waals surface area contributed by atoms with Gasteiger partial charge in [-0.3, -0.25) is 14.3 Å². The van der Waals surface area contributed by atoms with Crippen LogP contribution >= 0.6 is 0 Å². The number of nitrogens with one attached hydrogen (secondary N) is 1. The number of fused-ring (bicyclic) bond motifs is 1. The molecule has 11 nitrogen and oxygen atoms in total. The molecule has 0 aromatic carbocycles. The van der Waals surface area contributed by atoms with Crippen LogP contribution in [0.5, 0.6) is 0 Å². The Morgan fingerprint density at radius 3 is 2.53 bits per heavy atom. The number of hydrogen-bond acceptors (Lipinski definition) is 10. The lowest BCUT2D eigenvalue weighted by atomic mass is 10.1. The molecular formula is C26H30N8O3S. The highest BCUT2D eigenvalue weighted by molar-refractivity contribution is 7.91. The molecule has 0 bridgehead atoms. The summed E-state index contributed by atoms with van der Waals surface area (Å²) >= 11 is 0. The highest BCUT2D eigenvalue weighted by atomic mass is 32.2. The highest BCUT2D eigenvalue weighted by Crippen LogP contribution is 2.43. The molecule has 4 aromatic heterocycles. The molecule has 0 amide bonds. The molecule has 1 saturated carbocycles. The molecular weight excluding hydrogens is 504 g/mol. The Bertz CT molecular complexity index is 1660. The van der Waals surface area contributed by atoms with E-state index in [1.54, 1.807) is 30.1 Å². The Balaban J connectivity index is 1.53. The summed E-state index contributed by atoms with van der Waals surface area (Å²) < 4.78 is 25.7. The van der Waals surface area contributed by atoms with E-state index >= 15 is 0 Å². The van der Waals surface area contributed by atoms with Crippen molar-refractivity contribution in [3.63, 3.8) is 0 Å². The molecule has 1 fully saturated rings. The predicted molar refractivity (Wildman–Crippen MR) is 144 cm³/mol. The van der Waals surface area contributed by atoms with Gasteiger partial charge in [0.1, 0.15) is 11.8 Å². The van der Waals surface area contributed by atoms with Crippen LogP contribution in [0.2, 0.25) is 0 Å². The van der Waals surface area contributed by atoms with E-state index < -0.39 is 9.84 Å². The first-order chi connectivity index (χ1) is 18.2. The van der Waals surface area contributed by atoms with Crippen LogP contribution in [-0.4, -0.2) is 48.6 Å². The quantitative estimate of drug-likeness (QED) is 0.338. The first kappa shape index (κ1) is 25.8. The van der Waals surface area contributed by atoms with Gasteiger partial charge in [-0.1, -0.05) is 13.8 Å². The summed E-state index contributed by atoms with van der Waals surface area (Å²) in [5, 5.41) is 3.07. The van der Waals surface area contributed by atoms with E-state index in [1.807, 2.05) is 20.8 Å². The largest absolute Gasteiger partial charge is 0.360 e. The van der Waals surface area contributed by atoms with Crippen molar-refractivity contribution in [2.24, 2.45) is 0 Å². The van der Waals surface area contributed by atoms with Crippen molar-refractivity contribution >= 4 is 26.8 Å². The van der Waals surface area contributed by atoms with E-state index in [0.717, 1.165) is 29.8 Å². The summed E-state index contributed by atoms with van der Waals surface area (Å²) in [6.07, 6.45) is 7.42. The molecule has 1 N–H and O–H groups in total. The zero-order valence-corrected chi connectivity index (χ0v) is 22.7. The number of nitrogens with zero attached hydrogens (tertiary/aromatic N) is 7. The fourth-order valence-electron chi connectivity index (χ4n) is 4.30. The van der Waals surface area contributed by atoms with Crippen LogP contribution in [0.1, 0.15) is 69.1 Å². The second-order valence-electron chi connectivity index (χ2n) is 9.53. The Kier molecular flexibility index (Phi) is 6.91. The van der Waals surface area contributed by atoms with Crippen molar-refractivity contribution in [2.75, 3.05) is 11.1 Å². The average Bonchev–Trinajstić information content (AvgIpc) is 3.77. The van der Waals surface area contributed by atoms with E-state index in [2.05, 4.69) is 30.2 Å². The smallest absolute Gasteiger partial charge is 0.295 e. The number of rotatable bonds is 9. The van der Waals surface area contributed by atoms with Crippen LogP contribution in [0.15, 0.2) is 40.5 Å². The monoisotopic (exact) mass is 534 g/mol. The fourth-order valence-corrected chi connectivity index (χ4v) is 5.13. The number of aryl methyl sites for hydroxylation is 1. The normalized spacial score (nSPS) is 14.5. The van der Waals surface area contributed by atoms with Gasteiger partial charge in [0.25, 0.3) is 5.56 Å². The SMILES string of the molecule is CCC(C)n1c(=O)c(NCc2ccc(S(=O)(=O)CC)cn2)nc2cnc(-c3c(C)ncnc3C3CC3)nc21. The summed E-state index contributed by atoms with van der Waals surface area (Å²) in [6, 6.07) is 3.01. The van der Waals surface area contributed by atoms with Gasteiger partial charge in [0, 0.05) is 18.2 Å². The second-order valence-corrected chi connectivity index (χ2v) is 11.8. The molecule has 4 heterocycles. The summed E-state index contributed by atoms with van der Waals surface area (Å²) in [7, 11) is -3.33. The van der Waals surface area contributed by atoms with E-state index in [0.29, 0.717) is 35.0 Å². The second kappa shape index (κ2) is 10.2. The molecule has 4 aromatic rings. The standard InChI is InChI=1S/C26H30N8O3S/c1-5-15(3)34-25-20(13-29-23(33-25)21-16(4)30-14-31-22(21)17-7-8-17)32-24(26(34)35)28-11-18-9-10-19(12-27-18)38(36,37)6-2/h9-10,12-15,17H,5-8,11H2,1-4H3,(H,28,32).